The van der Waals surface area contributed by atoms with Gasteiger partial charge in [-0.3, -0.25) is 4.79 Å². The Hall–Kier alpha value is -2.05. The fourth-order valence-corrected chi connectivity index (χ4v) is 2.34. The normalized spacial score (nSPS) is 22.4. The molecule has 2 heterocycles. The van der Waals surface area contributed by atoms with Gasteiger partial charge in [0.2, 0.25) is 17.7 Å². The molecule has 1 unspecified atom stereocenters. The van der Waals surface area contributed by atoms with E-state index in [1.54, 1.807) is 13.1 Å². The first-order valence-corrected chi connectivity index (χ1v) is 6.14. The second-order valence-electron chi connectivity index (χ2n) is 4.94. The number of anilines is 2. The van der Waals surface area contributed by atoms with Crippen molar-refractivity contribution in [3.63, 3.8) is 0 Å². The summed E-state index contributed by atoms with van der Waals surface area (Å²) in [4.78, 5) is 22.1. The van der Waals surface area contributed by atoms with Crippen molar-refractivity contribution in [2.75, 3.05) is 37.9 Å². The molecule has 1 aromatic heterocycles. The van der Waals surface area contributed by atoms with Gasteiger partial charge in [0, 0.05) is 26.2 Å². The van der Waals surface area contributed by atoms with Gasteiger partial charge in [0.25, 0.3) is 0 Å². The molecule has 1 fully saturated rings. The van der Waals surface area contributed by atoms with Crippen molar-refractivity contribution >= 4 is 17.7 Å². The lowest BCUT2D eigenvalue weighted by Gasteiger charge is -2.23. The van der Waals surface area contributed by atoms with Gasteiger partial charge in [0.05, 0.1) is 12.5 Å². The third-order valence-corrected chi connectivity index (χ3v) is 3.49. The van der Waals surface area contributed by atoms with Crippen molar-refractivity contribution in [3.8, 4) is 5.88 Å². The van der Waals surface area contributed by atoms with E-state index in [1.165, 1.54) is 7.11 Å². The summed E-state index contributed by atoms with van der Waals surface area (Å²) in [5.41, 5.74) is 5.25. The third-order valence-electron chi connectivity index (χ3n) is 3.49. The van der Waals surface area contributed by atoms with Crippen LogP contribution in [0, 0.1) is 5.41 Å². The molecule has 1 atom stereocenters. The van der Waals surface area contributed by atoms with Gasteiger partial charge in [-0.2, -0.15) is 9.97 Å². The molecule has 1 saturated heterocycles. The largest absolute Gasteiger partial charge is 0.481 e. The molecule has 0 radical (unpaired) electrons. The molecule has 0 aromatic carbocycles. The fourth-order valence-electron chi connectivity index (χ4n) is 2.34. The van der Waals surface area contributed by atoms with E-state index in [-0.39, 0.29) is 11.9 Å². The molecule has 0 saturated carbocycles. The molecule has 104 valence electrons. The number of rotatable bonds is 3. The highest BCUT2D eigenvalue weighted by molar-refractivity contribution is 5.83. The van der Waals surface area contributed by atoms with Crippen LogP contribution >= 0.6 is 0 Å². The van der Waals surface area contributed by atoms with E-state index < -0.39 is 5.41 Å². The van der Waals surface area contributed by atoms with Crippen LogP contribution in [0.4, 0.5) is 11.8 Å². The minimum atomic E-state index is -0.401. The minimum Gasteiger partial charge on any atom is -0.481 e. The SMILES string of the molecule is CNC(=O)C1(C)CCN(c2cc(OC)nc(N)n2)C1. The molecule has 2 rings (SSSR count). The second kappa shape index (κ2) is 4.91. The zero-order chi connectivity index (χ0) is 14.0. The van der Waals surface area contributed by atoms with Crippen molar-refractivity contribution in [1.29, 1.82) is 0 Å². The molecule has 7 heteroatoms. The van der Waals surface area contributed by atoms with Crippen LogP contribution in [0.1, 0.15) is 13.3 Å². The molecule has 1 aromatic rings. The number of aromatic nitrogens is 2. The van der Waals surface area contributed by atoms with E-state index in [0.29, 0.717) is 18.2 Å². The quantitative estimate of drug-likeness (QED) is 0.801. The zero-order valence-corrected chi connectivity index (χ0v) is 11.4. The first-order valence-electron chi connectivity index (χ1n) is 6.14. The lowest BCUT2D eigenvalue weighted by atomic mass is 9.89. The molecule has 19 heavy (non-hydrogen) atoms. The van der Waals surface area contributed by atoms with Crippen molar-refractivity contribution in [2.45, 2.75) is 13.3 Å². The summed E-state index contributed by atoms with van der Waals surface area (Å²) < 4.78 is 5.08. The van der Waals surface area contributed by atoms with Crippen molar-refractivity contribution in [3.05, 3.63) is 6.07 Å². The highest BCUT2D eigenvalue weighted by Gasteiger charge is 2.40. The van der Waals surface area contributed by atoms with Crippen molar-refractivity contribution in [2.24, 2.45) is 5.41 Å². The van der Waals surface area contributed by atoms with Gasteiger partial charge in [-0.25, -0.2) is 0 Å². The number of nitrogens with one attached hydrogen (secondary N) is 1. The summed E-state index contributed by atoms with van der Waals surface area (Å²) in [7, 11) is 3.19. The Balaban J connectivity index is 2.21. The lowest BCUT2D eigenvalue weighted by molar-refractivity contribution is -0.128. The number of hydrogen-bond acceptors (Lipinski definition) is 6. The van der Waals surface area contributed by atoms with Crippen LogP contribution in [0.15, 0.2) is 6.07 Å². The van der Waals surface area contributed by atoms with E-state index in [1.807, 2.05) is 11.8 Å². The number of hydrogen-bond donors (Lipinski definition) is 2. The molecular weight excluding hydrogens is 246 g/mol. The van der Waals surface area contributed by atoms with Gasteiger partial charge in [-0.05, 0) is 13.3 Å². The zero-order valence-electron chi connectivity index (χ0n) is 11.4. The van der Waals surface area contributed by atoms with E-state index in [9.17, 15) is 4.79 Å². The average Bonchev–Trinajstić information content (AvgIpc) is 2.81. The monoisotopic (exact) mass is 265 g/mol. The number of methoxy groups -OCH3 is 1. The second-order valence-corrected chi connectivity index (χ2v) is 4.94. The van der Waals surface area contributed by atoms with E-state index >= 15 is 0 Å². The summed E-state index contributed by atoms with van der Waals surface area (Å²) in [6.07, 6.45) is 0.777. The van der Waals surface area contributed by atoms with Crippen LogP contribution in [-0.2, 0) is 4.79 Å². The smallest absolute Gasteiger partial charge is 0.227 e. The van der Waals surface area contributed by atoms with Gasteiger partial charge >= 0.3 is 0 Å². The minimum absolute atomic E-state index is 0.0454. The van der Waals surface area contributed by atoms with Gasteiger partial charge in [-0.15, -0.1) is 0 Å². The summed E-state index contributed by atoms with van der Waals surface area (Å²) in [6, 6.07) is 1.73. The maximum absolute atomic E-state index is 11.9. The van der Waals surface area contributed by atoms with E-state index in [0.717, 1.165) is 13.0 Å². The Morgan fingerprint density at radius 1 is 1.58 bits per heavy atom. The number of amides is 1. The van der Waals surface area contributed by atoms with Crippen LogP contribution in [0.2, 0.25) is 0 Å². The molecule has 3 N–H and O–H groups in total. The van der Waals surface area contributed by atoms with Crippen LogP contribution in [0.5, 0.6) is 5.88 Å². The summed E-state index contributed by atoms with van der Waals surface area (Å²) in [5.74, 6) is 1.33. The highest BCUT2D eigenvalue weighted by atomic mass is 16.5. The van der Waals surface area contributed by atoms with E-state index in [4.69, 9.17) is 10.5 Å². The van der Waals surface area contributed by atoms with Gasteiger partial charge in [0.1, 0.15) is 5.82 Å². The molecular formula is C12H19N5O2. The maximum Gasteiger partial charge on any atom is 0.227 e. The van der Waals surface area contributed by atoms with E-state index in [2.05, 4.69) is 15.3 Å². The number of nitrogens with zero attached hydrogens (tertiary/aromatic N) is 3. The molecule has 7 nitrogen and oxygen atoms in total. The third kappa shape index (κ3) is 2.54. The summed E-state index contributed by atoms with van der Waals surface area (Å²) >= 11 is 0. The molecule has 1 aliphatic heterocycles. The van der Waals surface area contributed by atoms with Crippen molar-refractivity contribution < 1.29 is 9.53 Å². The van der Waals surface area contributed by atoms with Gasteiger partial charge in [0.15, 0.2) is 0 Å². The highest BCUT2D eigenvalue weighted by Crippen LogP contribution is 2.33. The number of carbonyl (C=O) groups excluding carboxylic acids is 1. The topological polar surface area (TPSA) is 93.4 Å². The predicted molar refractivity (Wildman–Crippen MR) is 72.0 cm³/mol. The fraction of sp³-hybridized carbons (Fsp3) is 0.583. The van der Waals surface area contributed by atoms with Crippen LogP contribution in [-0.4, -0.2) is 43.1 Å². The van der Waals surface area contributed by atoms with Gasteiger partial charge in [-0.1, -0.05) is 0 Å². The van der Waals surface area contributed by atoms with Crippen LogP contribution in [0.25, 0.3) is 0 Å². The molecule has 0 spiro atoms. The Kier molecular flexibility index (Phi) is 3.46. The maximum atomic E-state index is 11.9. The Bertz CT molecular complexity index is 493. The standard InChI is InChI=1S/C12H19N5O2/c1-12(10(18)14-2)4-5-17(7-12)8-6-9(19-3)16-11(13)15-8/h6H,4-5,7H2,1-3H3,(H,14,18)(H2,13,15,16). The first-order chi connectivity index (χ1) is 8.98. The number of nitrogen functional groups attached to an aromatic ring is 1. The number of carbonyl (C=O) groups is 1. The molecule has 1 aliphatic rings. The van der Waals surface area contributed by atoms with Crippen LogP contribution < -0.4 is 20.7 Å². The van der Waals surface area contributed by atoms with Gasteiger partial charge < -0.3 is 20.7 Å². The predicted octanol–water partition coefficient (Wildman–Crippen LogP) is 0.0298. The van der Waals surface area contributed by atoms with Crippen molar-refractivity contribution in [1.82, 2.24) is 15.3 Å². The molecule has 0 aliphatic carbocycles. The lowest BCUT2D eigenvalue weighted by Crippen LogP contribution is -2.39. The number of ether oxygens (including phenoxy) is 1. The number of nitrogens with two attached hydrogens (primary N) is 1. The first kappa shape index (κ1) is 13.4. The molecule has 1 amide bonds. The molecule has 0 bridgehead atoms. The summed E-state index contributed by atoms with van der Waals surface area (Å²) in [5, 5.41) is 2.71. The average molecular weight is 265 g/mol. The Morgan fingerprint density at radius 3 is 2.95 bits per heavy atom. The summed E-state index contributed by atoms with van der Waals surface area (Å²) in [6.45, 7) is 3.31. The Morgan fingerprint density at radius 2 is 2.32 bits per heavy atom. The van der Waals surface area contributed by atoms with Crippen LogP contribution in [0.3, 0.4) is 0 Å². The Labute approximate surface area is 112 Å².